The summed E-state index contributed by atoms with van der Waals surface area (Å²) < 4.78 is 10.9. The molecule has 2 heterocycles. The zero-order valence-electron chi connectivity index (χ0n) is 20.0. The topological polar surface area (TPSA) is 69.8 Å². The van der Waals surface area contributed by atoms with Gasteiger partial charge in [-0.25, -0.2) is 0 Å². The molecule has 3 aromatic rings. The highest BCUT2D eigenvalue weighted by atomic mass is 32.1. The molecule has 1 aliphatic heterocycles. The first-order valence-corrected chi connectivity index (χ1v) is 12.0. The maximum Gasteiger partial charge on any atom is 0.253 e. The molecular formula is C26H32N4O3S. The minimum atomic E-state index is -0.0905. The zero-order chi connectivity index (χ0) is 24.1. The highest BCUT2D eigenvalue weighted by Gasteiger charge is 2.18. The number of nitrogens with one attached hydrogen (secondary N) is 2. The quantitative estimate of drug-likeness (QED) is 0.500. The second-order valence-corrected chi connectivity index (χ2v) is 9.04. The Morgan fingerprint density at radius 3 is 2.68 bits per heavy atom. The summed E-state index contributed by atoms with van der Waals surface area (Å²) in [5.41, 5.74) is 4.60. The minimum absolute atomic E-state index is 0.0905. The number of nitrogens with zero attached hydrogens (tertiary/aromatic N) is 2. The van der Waals surface area contributed by atoms with Gasteiger partial charge in [-0.2, -0.15) is 0 Å². The van der Waals surface area contributed by atoms with Crippen molar-refractivity contribution in [1.82, 2.24) is 14.8 Å². The molecule has 1 aliphatic rings. The molecule has 0 bridgehead atoms. The smallest absolute Gasteiger partial charge is 0.253 e. The molecule has 2 aromatic carbocycles. The molecule has 2 N–H and O–H groups in total. The van der Waals surface area contributed by atoms with Crippen LogP contribution in [-0.4, -0.2) is 66.4 Å². The summed E-state index contributed by atoms with van der Waals surface area (Å²) in [6, 6.07) is 13.8. The molecule has 0 saturated carbocycles. The number of ether oxygens (including phenoxy) is 2. The summed E-state index contributed by atoms with van der Waals surface area (Å²) in [6.45, 7) is 9.35. The van der Waals surface area contributed by atoms with Gasteiger partial charge in [0.15, 0.2) is 5.11 Å². The standard InChI is InChI=1S/C26H32N4O3S/c1-18-14-20-16-21(25(31)27-23(20)15-19(18)2)17-30(9-8-29-10-12-33-13-11-29)26(34)28-22-6-4-5-7-24(22)32-3/h4-7,14-16H,8-13,17H2,1-3H3,(H,27,31)(H,28,34). The number of aromatic amines is 1. The van der Waals surface area contributed by atoms with E-state index in [0.29, 0.717) is 29.5 Å². The van der Waals surface area contributed by atoms with Crippen LogP contribution < -0.4 is 15.6 Å². The summed E-state index contributed by atoms with van der Waals surface area (Å²) >= 11 is 5.81. The van der Waals surface area contributed by atoms with Crippen LogP contribution in [0.15, 0.2) is 47.3 Å². The van der Waals surface area contributed by atoms with E-state index in [1.165, 1.54) is 5.56 Å². The van der Waals surface area contributed by atoms with Crippen LogP contribution in [0, 0.1) is 13.8 Å². The lowest BCUT2D eigenvalue weighted by Crippen LogP contribution is -2.44. The number of hydrogen-bond acceptors (Lipinski definition) is 5. The number of benzene rings is 2. The Morgan fingerprint density at radius 1 is 1.18 bits per heavy atom. The molecular weight excluding hydrogens is 448 g/mol. The third-order valence-corrected chi connectivity index (χ3v) is 6.68. The van der Waals surface area contributed by atoms with Crippen LogP contribution in [0.3, 0.4) is 0 Å². The van der Waals surface area contributed by atoms with Crippen LogP contribution in [0.4, 0.5) is 5.69 Å². The Morgan fingerprint density at radius 2 is 1.91 bits per heavy atom. The van der Waals surface area contributed by atoms with Gasteiger partial charge in [0.25, 0.3) is 5.56 Å². The zero-order valence-corrected chi connectivity index (χ0v) is 20.8. The van der Waals surface area contributed by atoms with Gasteiger partial charge in [-0.05, 0) is 72.9 Å². The Balaban J connectivity index is 1.59. The van der Waals surface area contributed by atoms with Gasteiger partial charge in [0.2, 0.25) is 0 Å². The number of pyridine rings is 1. The summed E-state index contributed by atoms with van der Waals surface area (Å²) in [7, 11) is 1.64. The van der Waals surface area contributed by atoms with E-state index < -0.39 is 0 Å². The molecule has 0 unspecified atom stereocenters. The Labute approximate surface area is 205 Å². The summed E-state index contributed by atoms with van der Waals surface area (Å²) in [5.74, 6) is 0.715. The number of fused-ring (bicyclic) bond motifs is 1. The van der Waals surface area contributed by atoms with Gasteiger partial charge in [0.05, 0.1) is 32.6 Å². The first-order valence-electron chi connectivity index (χ1n) is 11.6. The van der Waals surface area contributed by atoms with Crippen LogP contribution in [0.5, 0.6) is 5.75 Å². The van der Waals surface area contributed by atoms with E-state index >= 15 is 0 Å². The van der Waals surface area contributed by atoms with Crippen molar-refractivity contribution in [1.29, 1.82) is 0 Å². The number of H-pyrrole nitrogens is 1. The van der Waals surface area contributed by atoms with Gasteiger partial charge in [-0.1, -0.05) is 12.1 Å². The summed E-state index contributed by atoms with van der Waals surface area (Å²) in [6.07, 6.45) is 0. The molecule has 0 radical (unpaired) electrons. The number of para-hydroxylation sites is 2. The van der Waals surface area contributed by atoms with Crippen molar-refractivity contribution >= 4 is 33.9 Å². The first-order chi connectivity index (χ1) is 16.4. The predicted octanol–water partition coefficient (Wildman–Crippen LogP) is 3.68. The Hall–Kier alpha value is -2.94. The van der Waals surface area contributed by atoms with Crippen LogP contribution in [0.2, 0.25) is 0 Å². The van der Waals surface area contributed by atoms with Gasteiger partial charge < -0.3 is 24.7 Å². The number of methoxy groups -OCH3 is 1. The number of aryl methyl sites for hydroxylation is 2. The second kappa shape index (κ2) is 11.0. The first kappa shape index (κ1) is 24.2. The normalized spacial score (nSPS) is 14.2. The molecule has 0 aliphatic carbocycles. The van der Waals surface area contributed by atoms with E-state index in [0.717, 1.165) is 55.0 Å². The van der Waals surface area contributed by atoms with Gasteiger partial charge in [0.1, 0.15) is 5.75 Å². The number of morpholine rings is 1. The summed E-state index contributed by atoms with van der Waals surface area (Å²) in [4.78, 5) is 20.4. The SMILES string of the molecule is COc1ccccc1NC(=S)N(CCN1CCOCC1)Cc1cc2cc(C)c(C)cc2[nH]c1=O. The Kier molecular flexibility index (Phi) is 7.82. The fourth-order valence-corrected chi connectivity index (χ4v) is 4.39. The van der Waals surface area contributed by atoms with Crippen molar-refractivity contribution in [3.05, 3.63) is 69.5 Å². The molecule has 1 saturated heterocycles. The van der Waals surface area contributed by atoms with Gasteiger partial charge >= 0.3 is 0 Å². The van der Waals surface area contributed by atoms with Crippen LogP contribution in [-0.2, 0) is 11.3 Å². The van der Waals surface area contributed by atoms with Crippen LogP contribution in [0.1, 0.15) is 16.7 Å². The number of thiocarbonyl (C=S) groups is 1. The lowest BCUT2D eigenvalue weighted by molar-refractivity contribution is 0.0358. The van der Waals surface area contributed by atoms with Crippen LogP contribution in [0.25, 0.3) is 10.9 Å². The largest absolute Gasteiger partial charge is 0.495 e. The maximum absolute atomic E-state index is 13.0. The molecule has 0 amide bonds. The summed E-state index contributed by atoms with van der Waals surface area (Å²) in [5, 5.41) is 4.90. The van der Waals surface area contributed by atoms with Crippen molar-refractivity contribution in [2.24, 2.45) is 0 Å². The highest BCUT2D eigenvalue weighted by Crippen LogP contribution is 2.24. The molecule has 7 nitrogen and oxygen atoms in total. The molecule has 0 spiro atoms. The van der Waals surface area contributed by atoms with Crippen LogP contribution >= 0.6 is 12.2 Å². The Bertz CT molecular complexity index is 1220. The number of anilines is 1. The van der Waals surface area contributed by atoms with E-state index in [-0.39, 0.29) is 5.56 Å². The molecule has 34 heavy (non-hydrogen) atoms. The maximum atomic E-state index is 13.0. The lowest BCUT2D eigenvalue weighted by atomic mass is 10.0. The van der Waals surface area contributed by atoms with Crippen molar-refractivity contribution in [3.8, 4) is 5.75 Å². The average molecular weight is 481 g/mol. The highest BCUT2D eigenvalue weighted by molar-refractivity contribution is 7.80. The third-order valence-electron chi connectivity index (χ3n) is 6.32. The molecule has 0 atom stereocenters. The van der Waals surface area contributed by atoms with E-state index in [1.54, 1.807) is 7.11 Å². The van der Waals surface area contributed by atoms with E-state index in [2.05, 4.69) is 40.0 Å². The van der Waals surface area contributed by atoms with Crippen molar-refractivity contribution in [2.45, 2.75) is 20.4 Å². The van der Waals surface area contributed by atoms with Crippen molar-refractivity contribution in [3.63, 3.8) is 0 Å². The molecule has 4 rings (SSSR count). The number of rotatable bonds is 7. The fourth-order valence-electron chi connectivity index (χ4n) is 4.13. The lowest BCUT2D eigenvalue weighted by Gasteiger charge is -2.31. The third kappa shape index (κ3) is 5.75. The van der Waals surface area contributed by atoms with E-state index in [4.69, 9.17) is 21.7 Å². The van der Waals surface area contributed by atoms with Gasteiger partial charge in [0, 0.05) is 37.3 Å². The second-order valence-electron chi connectivity index (χ2n) is 8.65. The predicted molar refractivity (Wildman–Crippen MR) is 141 cm³/mol. The van der Waals surface area contributed by atoms with E-state index in [1.807, 2.05) is 36.4 Å². The number of aromatic nitrogens is 1. The van der Waals surface area contributed by atoms with Crippen molar-refractivity contribution in [2.75, 3.05) is 51.8 Å². The molecule has 8 heteroatoms. The van der Waals surface area contributed by atoms with Gasteiger partial charge in [-0.15, -0.1) is 0 Å². The minimum Gasteiger partial charge on any atom is -0.495 e. The fraction of sp³-hybridized carbons (Fsp3) is 0.385. The number of hydrogen-bond donors (Lipinski definition) is 2. The van der Waals surface area contributed by atoms with Crippen molar-refractivity contribution < 1.29 is 9.47 Å². The van der Waals surface area contributed by atoms with Gasteiger partial charge in [-0.3, -0.25) is 9.69 Å². The molecule has 180 valence electrons. The average Bonchev–Trinajstić information content (AvgIpc) is 2.84. The molecule has 1 aromatic heterocycles. The monoisotopic (exact) mass is 480 g/mol. The molecule has 1 fully saturated rings. The van der Waals surface area contributed by atoms with E-state index in [9.17, 15) is 4.79 Å².